The molecule has 1 aliphatic rings. The Morgan fingerprint density at radius 1 is 1.45 bits per heavy atom. The molecule has 0 saturated heterocycles. The number of carbonyl (C=O) groups excluding carboxylic acids is 1. The number of aromatic nitrogens is 2. The van der Waals surface area contributed by atoms with E-state index in [-0.39, 0.29) is 11.9 Å². The highest BCUT2D eigenvalue weighted by Gasteiger charge is 2.32. The lowest BCUT2D eigenvalue weighted by Gasteiger charge is -2.17. The van der Waals surface area contributed by atoms with Gasteiger partial charge in [0.1, 0.15) is 5.69 Å². The molecule has 0 aliphatic heterocycles. The van der Waals surface area contributed by atoms with Crippen LogP contribution in [0.5, 0.6) is 0 Å². The fraction of sp³-hybridized carbons (Fsp3) is 0.333. The minimum atomic E-state index is -0.579. The largest absolute Gasteiger partial charge is 0.390 e. The van der Waals surface area contributed by atoms with Crippen molar-refractivity contribution in [1.29, 1.82) is 0 Å². The van der Waals surface area contributed by atoms with Gasteiger partial charge in [0.25, 0.3) is 5.91 Å². The van der Waals surface area contributed by atoms with E-state index in [4.69, 9.17) is 0 Å². The van der Waals surface area contributed by atoms with Gasteiger partial charge < -0.3 is 10.4 Å². The highest BCUT2D eigenvalue weighted by Crippen LogP contribution is 2.31. The maximum Gasteiger partial charge on any atom is 0.272 e. The third-order valence-corrected chi connectivity index (χ3v) is 3.69. The van der Waals surface area contributed by atoms with Gasteiger partial charge in [0.2, 0.25) is 0 Å². The van der Waals surface area contributed by atoms with Crippen LogP contribution in [-0.2, 0) is 13.0 Å². The van der Waals surface area contributed by atoms with E-state index in [0.717, 1.165) is 17.7 Å². The molecule has 1 amide bonds. The Bertz CT molecular complexity index is 636. The molecule has 2 N–H and O–H groups in total. The first-order chi connectivity index (χ1) is 9.69. The SMILES string of the molecule is CCn1ccc(C(=O)N[C@H]2c3ccccc3C[C@H]2O)n1. The average Bonchev–Trinajstić information content (AvgIpc) is 3.04. The standard InChI is InChI=1S/C15H17N3O2/c1-2-18-8-7-12(17-18)15(20)16-14-11-6-4-3-5-10(11)9-13(14)19/h3-8,13-14,19H,2,9H2,1H3,(H,16,20)/t13-,14+/m1/s1. The second kappa shape index (κ2) is 5.09. The number of aryl methyl sites for hydroxylation is 1. The molecule has 1 aromatic heterocycles. The second-order valence-corrected chi connectivity index (χ2v) is 4.98. The van der Waals surface area contributed by atoms with E-state index in [9.17, 15) is 9.90 Å². The summed E-state index contributed by atoms with van der Waals surface area (Å²) in [5.41, 5.74) is 2.45. The number of hydrogen-bond donors (Lipinski definition) is 2. The molecule has 20 heavy (non-hydrogen) atoms. The van der Waals surface area contributed by atoms with E-state index in [1.807, 2.05) is 31.2 Å². The number of hydrogen-bond acceptors (Lipinski definition) is 3. The Morgan fingerprint density at radius 3 is 3.00 bits per heavy atom. The first kappa shape index (κ1) is 12.9. The lowest BCUT2D eigenvalue weighted by Crippen LogP contribution is -2.34. The summed E-state index contributed by atoms with van der Waals surface area (Å²) in [5, 5.41) is 17.2. The fourth-order valence-corrected chi connectivity index (χ4v) is 2.62. The number of amides is 1. The summed E-state index contributed by atoms with van der Waals surface area (Å²) in [6.07, 6.45) is 1.77. The van der Waals surface area contributed by atoms with Gasteiger partial charge in [-0.05, 0) is 24.1 Å². The molecule has 2 atom stereocenters. The van der Waals surface area contributed by atoms with Gasteiger partial charge in [0.05, 0.1) is 12.1 Å². The maximum atomic E-state index is 12.2. The topological polar surface area (TPSA) is 67.2 Å². The smallest absolute Gasteiger partial charge is 0.272 e. The minimum absolute atomic E-state index is 0.252. The van der Waals surface area contributed by atoms with Crippen molar-refractivity contribution < 1.29 is 9.90 Å². The van der Waals surface area contributed by atoms with Crippen LogP contribution >= 0.6 is 0 Å². The zero-order valence-corrected chi connectivity index (χ0v) is 11.3. The molecule has 0 saturated carbocycles. The molecule has 1 heterocycles. The summed E-state index contributed by atoms with van der Waals surface area (Å²) in [6, 6.07) is 9.12. The van der Waals surface area contributed by atoms with Gasteiger partial charge in [-0.1, -0.05) is 24.3 Å². The van der Waals surface area contributed by atoms with Crippen molar-refractivity contribution in [3.8, 4) is 0 Å². The molecule has 0 bridgehead atoms. The quantitative estimate of drug-likeness (QED) is 0.884. The van der Waals surface area contributed by atoms with Crippen LogP contribution in [0, 0.1) is 0 Å². The number of fused-ring (bicyclic) bond motifs is 1. The van der Waals surface area contributed by atoms with Gasteiger partial charge in [-0.25, -0.2) is 0 Å². The van der Waals surface area contributed by atoms with Gasteiger partial charge >= 0.3 is 0 Å². The Morgan fingerprint density at radius 2 is 2.25 bits per heavy atom. The number of aliphatic hydroxyl groups is 1. The number of rotatable bonds is 3. The van der Waals surface area contributed by atoms with Gasteiger partial charge in [-0.3, -0.25) is 9.48 Å². The first-order valence-electron chi connectivity index (χ1n) is 6.79. The molecule has 5 nitrogen and oxygen atoms in total. The number of aliphatic hydroxyl groups excluding tert-OH is 1. The van der Waals surface area contributed by atoms with Crippen LogP contribution in [0.3, 0.4) is 0 Å². The van der Waals surface area contributed by atoms with Crippen molar-refractivity contribution in [2.24, 2.45) is 0 Å². The van der Waals surface area contributed by atoms with Gasteiger partial charge in [0.15, 0.2) is 0 Å². The Balaban J connectivity index is 1.79. The van der Waals surface area contributed by atoms with Crippen LogP contribution in [-0.4, -0.2) is 26.9 Å². The predicted molar refractivity (Wildman–Crippen MR) is 74.3 cm³/mol. The predicted octanol–water partition coefficient (Wildman–Crippen LogP) is 1.29. The highest BCUT2D eigenvalue weighted by molar-refractivity contribution is 5.92. The van der Waals surface area contributed by atoms with E-state index >= 15 is 0 Å². The zero-order valence-electron chi connectivity index (χ0n) is 11.3. The molecule has 3 rings (SSSR count). The van der Waals surface area contributed by atoms with Crippen molar-refractivity contribution in [3.05, 3.63) is 53.3 Å². The average molecular weight is 271 g/mol. The highest BCUT2D eigenvalue weighted by atomic mass is 16.3. The fourth-order valence-electron chi connectivity index (χ4n) is 2.62. The molecule has 104 valence electrons. The van der Waals surface area contributed by atoms with E-state index in [1.54, 1.807) is 16.9 Å². The monoisotopic (exact) mass is 271 g/mol. The number of nitrogens with zero attached hydrogens (tertiary/aromatic N) is 2. The summed E-state index contributed by atoms with van der Waals surface area (Å²) in [4.78, 5) is 12.2. The molecular weight excluding hydrogens is 254 g/mol. The molecule has 0 radical (unpaired) electrons. The van der Waals surface area contributed by atoms with Crippen LogP contribution in [0.15, 0.2) is 36.5 Å². The lowest BCUT2D eigenvalue weighted by atomic mass is 10.1. The normalized spacial score (nSPS) is 20.7. The van der Waals surface area contributed by atoms with Gasteiger partial charge in [-0.2, -0.15) is 5.10 Å². The van der Waals surface area contributed by atoms with Gasteiger partial charge in [0, 0.05) is 19.2 Å². The van der Waals surface area contributed by atoms with Crippen molar-refractivity contribution in [2.45, 2.75) is 32.0 Å². The van der Waals surface area contributed by atoms with Crippen molar-refractivity contribution in [1.82, 2.24) is 15.1 Å². The van der Waals surface area contributed by atoms with Crippen LogP contribution < -0.4 is 5.32 Å². The molecule has 1 aliphatic carbocycles. The summed E-state index contributed by atoms with van der Waals surface area (Å²) in [7, 11) is 0. The van der Waals surface area contributed by atoms with E-state index in [2.05, 4.69) is 10.4 Å². The van der Waals surface area contributed by atoms with Crippen molar-refractivity contribution >= 4 is 5.91 Å². The molecule has 0 fully saturated rings. The Kier molecular flexibility index (Phi) is 3.28. The Labute approximate surface area is 117 Å². The zero-order chi connectivity index (χ0) is 14.1. The molecule has 2 aromatic rings. The number of carbonyl (C=O) groups is 1. The maximum absolute atomic E-state index is 12.2. The lowest BCUT2D eigenvalue weighted by molar-refractivity contribution is 0.0852. The van der Waals surface area contributed by atoms with E-state index in [0.29, 0.717) is 12.1 Å². The third-order valence-electron chi connectivity index (χ3n) is 3.69. The summed E-state index contributed by atoms with van der Waals surface area (Å²) < 4.78 is 1.70. The second-order valence-electron chi connectivity index (χ2n) is 4.98. The van der Waals surface area contributed by atoms with Crippen LogP contribution in [0.4, 0.5) is 0 Å². The summed E-state index contributed by atoms with van der Waals surface area (Å²) in [6.45, 7) is 2.69. The van der Waals surface area contributed by atoms with E-state index < -0.39 is 6.10 Å². The molecule has 0 spiro atoms. The molecular formula is C15H17N3O2. The van der Waals surface area contributed by atoms with Crippen LogP contribution in [0.25, 0.3) is 0 Å². The summed E-state index contributed by atoms with van der Waals surface area (Å²) >= 11 is 0. The number of nitrogens with one attached hydrogen (secondary N) is 1. The van der Waals surface area contributed by atoms with Crippen molar-refractivity contribution in [3.63, 3.8) is 0 Å². The molecule has 0 unspecified atom stereocenters. The summed E-state index contributed by atoms with van der Waals surface area (Å²) in [5.74, 6) is -0.252. The molecule has 5 heteroatoms. The first-order valence-corrected chi connectivity index (χ1v) is 6.79. The van der Waals surface area contributed by atoms with E-state index in [1.165, 1.54) is 0 Å². The third kappa shape index (κ3) is 2.20. The minimum Gasteiger partial charge on any atom is -0.390 e. The van der Waals surface area contributed by atoms with Crippen molar-refractivity contribution in [2.75, 3.05) is 0 Å². The Hall–Kier alpha value is -2.14. The van der Waals surface area contributed by atoms with Crippen LogP contribution in [0.2, 0.25) is 0 Å². The van der Waals surface area contributed by atoms with Gasteiger partial charge in [-0.15, -0.1) is 0 Å². The van der Waals surface area contributed by atoms with Crippen LogP contribution in [0.1, 0.15) is 34.6 Å². The molecule has 1 aromatic carbocycles. The number of benzene rings is 1.